The fourth-order valence-electron chi connectivity index (χ4n) is 1.52. The van der Waals surface area contributed by atoms with E-state index in [9.17, 15) is 9.59 Å². The highest BCUT2D eigenvalue weighted by molar-refractivity contribution is 5.96. The van der Waals surface area contributed by atoms with Gasteiger partial charge in [0.1, 0.15) is 5.69 Å². The molecule has 0 spiro atoms. The van der Waals surface area contributed by atoms with Crippen molar-refractivity contribution in [2.75, 3.05) is 0 Å². The first kappa shape index (κ1) is 12.7. The highest BCUT2D eigenvalue weighted by Gasteiger charge is 2.11. The number of carboxylic acid groups (broad SMARTS) is 1. The number of aromatic amines is 1. The minimum Gasteiger partial charge on any atom is -0.477 e. The molecular formula is C12H12N4O3. The molecule has 2 rings (SSSR count). The van der Waals surface area contributed by atoms with Gasteiger partial charge in [-0.1, -0.05) is 0 Å². The lowest BCUT2D eigenvalue weighted by Crippen LogP contribution is -2.23. The van der Waals surface area contributed by atoms with Crippen LogP contribution in [0, 0.1) is 6.92 Å². The van der Waals surface area contributed by atoms with Crippen molar-refractivity contribution >= 4 is 11.9 Å². The van der Waals surface area contributed by atoms with Crippen molar-refractivity contribution in [2.45, 2.75) is 13.5 Å². The van der Waals surface area contributed by atoms with Gasteiger partial charge < -0.3 is 10.4 Å². The maximum atomic E-state index is 11.9. The summed E-state index contributed by atoms with van der Waals surface area (Å²) in [7, 11) is 0. The number of aryl methyl sites for hydroxylation is 1. The van der Waals surface area contributed by atoms with E-state index in [1.807, 2.05) is 6.92 Å². The monoisotopic (exact) mass is 260 g/mol. The highest BCUT2D eigenvalue weighted by atomic mass is 16.4. The van der Waals surface area contributed by atoms with Gasteiger partial charge in [0.05, 0.1) is 6.20 Å². The first-order valence-corrected chi connectivity index (χ1v) is 5.54. The molecule has 2 aromatic heterocycles. The Hall–Kier alpha value is -2.70. The van der Waals surface area contributed by atoms with Gasteiger partial charge in [-0.2, -0.15) is 5.10 Å². The molecule has 98 valence electrons. The SMILES string of the molecule is Cc1[nH]ncc1CNC(=O)c1ccnc(C(=O)O)c1. The topological polar surface area (TPSA) is 108 Å². The Kier molecular flexibility index (Phi) is 3.56. The number of rotatable bonds is 4. The van der Waals surface area contributed by atoms with Crippen LogP contribution in [0.15, 0.2) is 24.5 Å². The predicted molar refractivity (Wildman–Crippen MR) is 65.7 cm³/mol. The van der Waals surface area contributed by atoms with E-state index in [1.165, 1.54) is 18.3 Å². The van der Waals surface area contributed by atoms with E-state index in [0.29, 0.717) is 6.54 Å². The Balaban J connectivity index is 2.06. The van der Waals surface area contributed by atoms with Crippen LogP contribution in [0.3, 0.4) is 0 Å². The average molecular weight is 260 g/mol. The van der Waals surface area contributed by atoms with Gasteiger partial charge in [0.2, 0.25) is 0 Å². The fourth-order valence-corrected chi connectivity index (χ4v) is 1.52. The summed E-state index contributed by atoms with van der Waals surface area (Å²) in [5, 5.41) is 18.1. The summed E-state index contributed by atoms with van der Waals surface area (Å²) in [6, 6.07) is 2.70. The van der Waals surface area contributed by atoms with Crippen molar-refractivity contribution in [1.29, 1.82) is 0 Å². The van der Waals surface area contributed by atoms with Crippen LogP contribution in [-0.2, 0) is 6.54 Å². The Bertz CT molecular complexity index is 621. The maximum Gasteiger partial charge on any atom is 0.354 e. The van der Waals surface area contributed by atoms with Crippen molar-refractivity contribution in [3.63, 3.8) is 0 Å². The first-order chi connectivity index (χ1) is 9.08. The maximum absolute atomic E-state index is 11.9. The van der Waals surface area contributed by atoms with E-state index in [4.69, 9.17) is 5.11 Å². The number of carbonyl (C=O) groups is 2. The number of amides is 1. The van der Waals surface area contributed by atoms with Gasteiger partial charge in [-0.25, -0.2) is 9.78 Å². The lowest BCUT2D eigenvalue weighted by molar-refractivity contribution is 0.0690. The number of aromatic nitrogens is 3. The lowest BCUT2D eigenvalue weighted by Gasteiger charge is -2.04. The Morgan fingerprint density at radius 2 is 2.26 bits per heavy atom. The molecule has 3 N–H and O–H groups in total. The highest BCUT2D eigenvalue weighted by Crippen LogP contribution is 2.05. The second-order valence-corrected chi connectivity index (χ2v) is 3.94. The van der Waals surface area contributed by atoms with Crippen molar-refractivity contribution in [3.05, 3.63) is 47.0 Å². The van der Waals surface area contributed by atoms with Crippen LogP contribution >= 0.6 is 0 Å². The van der Waals surface area contributed by atoms with E-state index in [1.54, 1.807) is 6.20 Å². The van der Waals surface area contributed by atoms with Gasteiger partial charge in [0.15, 0.2) is 0 Å². The Morgan fingerprint density at radius 1 is 1.47 bits per heavy atom. The molecule has 1 amide bonds. The second kappa shape index (κ2) is 5.30. The molecule has 0 fully saturated rings. The quantitative estimate of drug-likeness (QED) is 0.751. The van der Waals surface area contributed by atoms with E-state index < -0.39 is 5.97 Å². The van der Waals surface area contributed by atoms with Gasteiger partial charge in [0, 0.05) is 29.6 Å². The van der Waals surface area contributed by atoms with E-state index in [-0.39, 0.29) is 17.2 Å². The molecule has 0 aliphatic heterocycles. The minimum absolute atomic E-state index is 0.160. The summed E-state index contributed by atoms with van der Waals surface area (Å²) >= 11 is 0. The van der Waals surface area contributed by atoms with E-state index in [2.05, 4.69) is 20.5 Å². The molecule has 0 saturated heterocycles. The summed E-state index contributed by atoms with van der Waals surface area (Å²) in [4.78, 5) is 26.3. The molecule has 2 heterocycles. The zero-order valence-corrected chi connectivity index (χ0v) is 10.2. The first-order valence-electron chi connectivity index (χ1n) is 5.54. The zero-order chi connectivity index (χ0) is 13.8. The van der Waals surface area contributed by atoms with Crippen LogP contribution < -0.4 is 5.32 Å². The molecule has 7 nitrogen and oxygen atoms in total. The molecule has 0 aromatic carbocycles. The van der Waals surface area contributed by atoms with E-state index >= 15 is 0 Å². The Labute approximate surface area is 108 Å². The number of nitrogens with zero attached hydrogens (tertiary/aromatic N) is 2. The molecule has 0 radical (unpaired) electrons. The second-order valence-electron chi connectivity index (χ2n) is 3.94. The molecule has 0 aliphatic rings. The summed E-state index contributed by atoms with van der Waals surface area (Å²) in [6.45, 7) is 2.18. The standard InChI is InChI=1S/C12H12N4O3/c1-7-9(6-15-16-7)5-14-11(17)8-2-3-13-10(4-8)12(18)19/h2-4,6H,5H2,1H3,(H,14,17)(H,15,16)(H,18,19). The summed E-state index contributed by atoms with van der Waals surface area (Å²) in [5.74, 6) is -1.52. The van der Waals surface area contributed by atoms with Gasteiger partial charge in [-0.05, 0) is 19.1 Å². The van der Waals surface area contributed by atoms with Crippen LogP contribution in [-0.4, -0.2) is 32.2 Å². The van der Waals surface area contributed by atoms with Gasteiger partial charge in [-0.3, -0.25) is 9.89 Å². The van der Waals surface area contributed by atoms with Crippen molar-refractivity contribution in [2.24, 2.45) is 0 Å². The normalized spacial score (nSPS) is 10.2. The molecule has 7 heteroatoms. The fraction of sp³-hybridized carbons (Fsp3) is 0.167. The van der Waals surface area contributed by atoms with Gasteiger partial charge in [0.25, 0.3) is 5.91 Å². The third kappa shape index (κ3) is 2.95. The van der Waals surface area contributed by atoms with Crippen LogP contribution in [0.1, 0.15) is 32.1 Å². The molecule has 0 aliphatic carbocycles. The number of aromatic carboxylic acids is 1. The van der Waals surface area contributed by atoms with Crippen LogP contribution in [0.4, 0.5) is 0 Å². The smallest absolute Gasteiger partial charge is 0.354 e. The van der Waals surface area contributed by atoms with Crippen LogP contribution in [0.2, 0.25) is 0 Å². The Morgan fingerprint density at radius 3 is 2.89 bits per heavy atom. The summed E-state index contributed by atoms with van der Waals surface area (Å²) in [6.07, 6.45) is 2.92. The molecular weight excluding hydrogens is 248 g/mol. The third-order valence-electron chi connectivity index (χ3n) is 2.61. The number of hydrogen-bond donors (Lipinski definition) is 3. The molecule has 0 saturated carbocycles. The minimum atomic E-state index is -1.17. The summed E-state index contributed by atoms with van der Waals surface area (Å²) in [5.41, 5.74) is 1.85. The number of hydrogen-bond acceptors (Lipinski definition) is 4. The van der Waals surface area contributed by atoms with Crippen LogP contribution in [0.5, 0.6) is 0 Å². The molecule has 0 unspecified atom stereocenters. The number of pyridine rings is 1. The summed E-state index contributed by atoms with van der Waals surface area (Å²) < 4.78 is 0. The number of H-pyrrole nitrogens is 1. The van der Waals surface area contributed by atoms with Crippen molar-refractivity contribution in [1.82, 2.24) is 20.5 Å². The predicted octanol–water partition coefficient (Wildman–Crippen LogP) is 0.741. The number of carbonyl (C=O) groups excluding carboxylic acids is 1. The van der Waals surface area contributed by atoms with E-state index in [0.717, 1.165) is 11.3 Å². The molecule has 0 bridgehead atoms. The average Bonchev–Trinajstić information content (AvgIpc) is 2.81. The van der Waals surface area contributed by atoms with Gasteiger partial charge >= 0.3 is 5.97 Å². The van der Waals surface area contributed by atoms with Crippen molar-refractivity contribution in [3.8, 4) is 0 Å². The largest absolute Gasteiger partial charge is 0.477 e. The number of carboxylic acids is 1. The van der Waals surface area contributed by atoms with Crippen molar-refractivity contribution < 1.29 is 14.7 Å². The van der Waals surface area contributed by atoms with Gasteiger partial charge in [-0.15, -0.1) is 0 Å². The zero-order valence-electron chi connectivity index (χ0n) is 10.2. The van der Waals surface area contributed by atoms with Crippen LogP contribution in [0.25, 0.3) is 0 Å². The molecule has 19 heavy (non-hydrogen) atoms. The molecule has 2 aromatic rings. The number of nitrogens with one attached hydrogen (secondary N) is 2. The lowest BCUT2D eigenvalue weighted by atomic mass is 10.2. The molecule has 0 atom stereocenters. The third-order valence-corrected chi connectivity index (χ3v) is 2.61.